The number of hydrogen-bond acceptors (Lipinski definition) is 7. The monoisotopic (exact) mass is 413 g/mol. The van der Waals surface area contributed by atoms with Crippen LogP contribution in [-0.4, -0.2) is 32.2 Å². The van der Waals surface area contributed by atoms with Crippen molar-refractivity contribution in [2.24, 2.45) is 0 Å². The molecular weight excluding hydrogens is 398 g/mol. The van der Waals surface area contributed by atoms with Gasteiger partial charge in [0.15, 0.2) is 0 Å². The van der Waals surface area contributed by atoms with Crippen molar-refractivity contribution in [2.45, 2.75) is 0 Å². The van der Waals surface area contributed by atoms with Gasteiger partial charge in [-0.3, -0.25) is 10.1 Å². The second kappa shape index (κ2) is 7.38. The molecule has 2 aromatic heterocycles. The molecule has 0 saturated carbocycles. The first-order valence-corrected chi connectivity index (χ1v) is 9.34. The maximum atomic E-state index is 11.1. The van der Waals surface area contributed by atoms with E-state index >= 15 is 0 Å². The molecular formula is C22H15N5O4. The van der Waals surface area contributed by atoms with Gasteiger partial charge in [-0.25, -0.2) is 4.98 Å². The highest BCUT2D eigenvalue weighted by molar-refractivity contribution is 5.85. The highest BCUT2D eigenvalue weighted by Crippen LogP contribution is 2.33. The third kappa shape index (κ3) is 3.38. The van der Waals surface area contributed by atoms with Crippen molar-refractivity contribution in [2.75, 3.05) is 7.11 Å². The first-order chi connectivity index (χ1) is 15.1. The van der Waals surface area contributed by atoms with Gasteiger partial charge in [0.25, 0.3) is 5.69 Å². The van der Waals surface area contributed by atoms with Crippen LogP contribution < -0.4 is 4.74 Å². The van der Waals surface area contributed by atoms with E-state index in [2.05, 4.69) is 20.2 Å². The highest BCUT2D eigenvalue weighted by Gasteiger charge is 2.18. The molecule has 0 unspecified atom stereocenters. The summed E-state index contributed by atoms with van der Waals surface area (Å²) in [7, 11) is 1.60. The summed E-state index contributed by atoms with van der Waals surface area (Å²) in [6, 6.07) is 19.3. The predicted octanol–water partition coefficient (Wildman–Crippen LogP) is 4.86. The number of benzene rings is 3. The molecule has 1 N–H and O–H groups in total. The first-order valence-electron chi connectivity index (χ1n) is 9.34. The van der Waals surface area contributed by atoms with E-state index in [-0.39, 0.29) is 5.69 Å². The van der Waals surface area contributed by atoms with Crippen LogP contribution in [0.25, 0.3) is 45.3 Å². The number of fused-ring (bicyclic) bond motifs is 1. The Labute approximate surface area is 175 Å². The van der Waals surface area contributed by atoms with Crippen LogP contribution in [0.3, 0.4) is 0 Å². The maximum absolute atomic E-state index is 11.1. The van der Waals surface area contributed by atoms with Gasteiger partial charge in [0.2, 0.25) is 11.8 Å². The fourth-order valence-electron chi connectivity index (χ4n) is 3.30. The number of non-ortho nitro benzene ring substituents is 1. The van der Waals surface area contributed by atoms with E-state index in [1.807, 2.05) is 48.5 Å². The third-order valence-corrected chi connectivity index (χ3v) is 4.85. The second-order valence-corrected chi connectivity index (χ2v) is 6.73. The Balaban J connectivity index is 1.55. The molecule has 5 aromatic rings. The molecule has 152 valence electrons. The van der Waals surface area contributed by atoms with Gasteiger partial charge in [-0.15, -0.1) is 10.2 Å². The standard InChI is InChI=1S/C22H15N5O4/c1-30-15-9-6-13(7-10-15)21-25-26-22(31-21)17-5-3-2-4-16(17)20-23-18-11-8-14(27(28)29)12-19(18)24-20/h2-12H,1H3,(H,23,24). The molecule has 0 aliphatic rings. The van der Waals surface area contributed by atoms with Crippen molar-refractivity contribution in [3.63, 3.8) is 0 Å². The highest BCUT2D eigenvalue weighted by atomic mass is 16.6. The van der Waals surface area contributed by atoms with Crippen molar-refractivity contribution in [1.29, 1.82) is 0 Å². The minimum absolute atomic E-state index is 0.00276. The van der Waals surface area contributed by atoms with Gasteiger partial charge in [0.05, 0.1) is 23.1 Å². The summed E-state index contributed by atoms with van der Waals surface area (Å²) in [5.74, 6) is 2.01. The molecule has 0 bridgehead atoms. The van der Waals surface area contributed by atoms with Crippen LogP contribution in [-0.2, 0) is 0 Å². The van der Waals surface area contributed by atoms with Crippen LogP contribution in [0.15, 0.2) is 71.1 Å². The zero-order valence-electron chi connectivity index (χ0n) is 16.3. The van der Waals surface area contributed by atoms with Crippen LogP contribution in [0.1, 0.15) is 0 Å². The lowest BCUT2D eigenvalue weighted by Crippen LogP contribution is -1.87. The quantitative estimate of drug-likeness (QED) is 0.322. The van der Waals surface area contributed by atoms with E-state index in [0.29, 0.717) is 34.2 Å². The molecule has 0 fully saturated rings. The fraction of sp³-hybridized carbons (Fsp3) is 0.0455. The first kappa shape index (κ1) is 18.5. The summed E-state index contributed by atoms with van der Waals surface area (Å²) >= 11 is 0. The summed E-state index contributed by atoms with van der Waals surface area (Å²) in [5.41, 5.74) is 3.41. The number of H-pyrrole nitrogens is 1. The molecule has 0 aliphatic carbocycles. The number of rotatable bonds is 5. The number of nitrogens with zero attached hydrogens (tertiary/aromatic N) is 4. The Morgan fingerprint density at radius 2 is 1.71 bits per heavy atom. The van der Waals surface area contributed by atoms with Gasteiger partial charge >= 0.3 is 0 Å². The second-order valence-electron chi connectivity index (χ2n) is 6.73. The van der Waals surface area contributed by atoms with Gasteiger partial charge in [0, 0.05) is 28.8 Å². The molecule has 0 saturated heterocycles. The van der Waals surface area contributed by atoms with Crippen LogP contribution in [0, 0.1) is 10.1 Å². The van der Waals surface area contributed by atoms with Gasteiger partial charge in [-0.05, 0) is 36.4 Å². The van der Waals surface area contributed by atoms with Gasteiger partial charge in [-0.1, -0.05) is 18.2 Å². The lowest BCUT2D eigenvalue weighted by molar-refractivity contribution is -0.384. The number of ether oxygens (including phenoxy) is 1. The fourth-order valence-corrected chi connectivity index (χ4v) is 3.30. The summed E-state index contributed by atoms with van der Waals surface area (Å²) in [5, 5.41) is 19.4. The summed E-state index contributed by atoms with van der Waals surface area (Å²) < 4.78 is 11.1. The minimum Gasteiger partial charge on any atom is -0.497 e. The Bertz CT molecular complexity index is 1410. The Morgan fingerprint density at radius 3 is 2.45 bits per heavy atom. The van der Waals surface area contributed by atoms with E-state index in [0.717, 1.165) is 16.9 Å². The van der Waals surface area contributed by atoms with Crippen LogP contribution in [0.5, 0.6) is 5.75 Å². The van der Waals surface area contributed by atoms with Crippen LogP contribution in [0.2, 0.25) is 0 Å². The van der Waals surface area contributed by atoms with E-state index in [9.17, 15) is 10.1 Å². The molecule has 0 amide bonds. The third-order valence-electron chi connectivity index (χ3n) is 4.85. The minimum atomic E-state index is -0.437. The molecule has 0 atom stereocenters. The number of nitro benzene ring substituents is 1. The lowest BCUT2D eigenvalue weighted by atomic mass is 10.1. The number of nitrogens with one attached hydrogen (secondary N) is 1. The molecule has 3 aromatic carbocycles. The number of imidazole rings is 1. The van der Waals surface area contributed by atoms with E-state index in [1.165, 1.54) is 12.1 Å². The smallest absolute Gasteiger partial charge is 0.271 e. The van der Waals surface area contributed by atoms with Gasteiger partial charge < -0.3 is 14.1 Å². The number of aromatic nitrogens is 4. The molecule has 0 spiro atoms. The Hall–Kier alpha value is -4.53. The number of hydrogen-bond donors (Lipinski definition) is 1. The largest absolute Gasteiger partial charge is 0.497 e. The number of methoxy groups -OCH3 is 1. The zero-order chi connectivity index (χ0) is 21.4. The van der Waals surface area contributed by atoms with Gasteiger partial charge in [0.1, 0.15) is 11.6 Å². The van der Waals surface area contributed by atoms with Gasteiger partial charge in [-0.2, -0.15) is 0 Å². The molecule has 2 heterocycles. The van der Waals surface area contributed by atoms with Crippen molar-refractivity contribution in [3.05, 3.63) is 76.8 Å². The Morgan fingerprint density at radius 1 is 0.968 bits per heavy atom. The number of aromatic amines is 1. The topological polar surface area (TPSA) is 120 Å². The Kier molecular flexibility index (Phi) is 4.40. The van der Waals surface area contributed by atoms with E-state index in [4.69, 9.17) is 9.15 Å². The SMILES string of the molecule is COc1ccc(-c2nnc(-c3ccccc3-c3nc4ccc([N+](=O)[O-])cc4[nH]3)o2)cc1. The van der Waals surface area contributed by atoms with Crippen molar-refractivity contribution in [1.82, 2.24) is 20.2 Å². The van der Waals surface area contributed by atoms with E-state index < -0.39 is 4.92 Å². The molecule has 9 nitrogen and oxygen atoms in total. The summed E-state index contributed by atoms with van der Waals surface area (Å²) in [6.45, 7) is 0. The van der Waals surface area contributed by atoms with Crippen LogP contribution >= 0.6 is 0 Å². The average molecular weight is 413 g/mol. The average Bonchev–Trinajstić information content (AvgIpc) is 3.46. The van der Waals surface area contributed by atoms with Crippen molar-refractivity contribution in [3.8, 4) is 40.0 Å². The molecule has 9 heteroatoms. The summed E-state index contributed by atoms with van der Waals surface area (Å²) in [6.07, 6.45) is 0. The van der Waals surface area contributed by atoms with Crippen molar-refractivity contribution < 1.29 is 14.1 Å². The van der Waals surface area contributed by atoms with Crippen molar-refractivity contribution >= 4 is 16.7 Å². The number of nitro groups is 1. The normalized spacial score (nSPS) is 11.0. The lowest BCUT2D eigenvalue weighted by Gasteiger charge is -2.03. The maximum Gasteiger partial charge on any atom is 0.271 e. The molecule has 0 radical (unpaired) electrons. The molecule has 31 heavy (non-hydrogen) atoms. The zero-order valence-corrected chi connectivity index (χ0v) is 16.3. The predicted molar refractivity (Wildman–Crippen MR) is 113 cm³/mol. The van der Waals surface area contributed by atoms with Crippen LogP contribution in [0.4, 0.5) is 5.69 Å². The molecule has 0 aliphatic heterocycles. The van der Waals surface area contributed by atoms with E-state index in [1.54, 1.807) is 13.2 Å². The summed E-state index contributed by atoms with van der Waals surface area (Å²) in [4.78, 5) is 18.3. The molecule has 5 rings (SSSR count).